The zero-order chi connectivity index (χ0) is 12.8. The lowest BCUT2D eigenvalue weighted by Crippen LogP contribution is -2.13. The minimum Gasteiger partial charge on any atom is -0.389 e. The summed E-state index contributed by atoms with van der Waals surface area (Å²) in [6.45, 7) is 2.04. The molecular weight excluding hydrogens is 256 g/mol. The van der Waals surface area contributed by atoms with Gasteiger partial charge in [0.15, 0.2) is 0 Å². The highest BCUT2D eigenvalue weighted by atomic mass is 35.5. The fourth-order valence-corrected chi connectivity index (χ4v) is 1.67. The molecule has 0 radical (unpaired) electrons. The van der Waals surface area contributed by atoms with Crippen molar-refractivity contribution in [2.24, 2.45) is 5.73 Å². The lowest BCUT2D eigenvalue weighted by molar-refractivity contribution is -0.116. The lowest BCUT2D eigenvalue weighted by Gasteiger charge is -2.08. The van der Waals surface area contributed by atoms with Gasteiger partial charge in [0.1, 0.15) is 4.99 Å². The van der Waals surface area contributed by atoms with E-state index in [0.717, 1.165) is 12.8 Å². The summed E-state index contributed by atoms with van der Waals surface area (Å²) in [6, 6.07) is 5.10. The monoisotopic (exact) mass is 270 g/mol. The fourth-order valence-electron chi connectivity index (χ4n) is 1.32. The fraction of sp³-hybridized carbons (Fsp3) is 0.333. The number of hydrogen-bond acceptors (Lipinski definition) is 2. The first-order valence-corrected chi connectivity index (χ1v) is 6.22. The molecule has 5 heteroatoms. The zero-order valence-electron chi connectivity index (χ0n) is 9.63. The number of carbonyl (C=O) groups excluding carboxylic acids is 1. The van der Waals surface area contributed by atoms with E-state index in [2.05, 4.69) is 5.32 Å². The summed E-state index contributed by atoms with van der Waals surface area (Å²) >= 11 is 10.9. The van der Waals surface area contributed by atoms with Crippen molar-refractivity contribution in [3.8, 4) is 0 Å². The van der Waals surface area contributed by atoms with E-state index >= 15 is 0 Å². The van der Waals surface area contributed by atoms with Gasteiger partial charge in [-0.2, -0.15) is 0 Å². The van der Waals surface area contributed by atoms with Gasteiger partial charge in [-0.3, -0.25) is 4.79 Å². The number of benzene rings is 1. The smallest absolute Gasteiger partial charge is 0.224 e. The van der Waals surface area contributed by atoms with Gasteiger partial charge in [0.2, 0.25) is 5.91 Å². The number of carbonyl (C=O) groups is 1. The van der Waals surface area contributed by atoms with E-state index in [1.54, 1.807) is 18.2 Å². The Labute approximate surface area is 111 Å². The van der Waals surface area contributed by atoms with Crippen LogP contribution in [0.1, 0.15) is 31.7 Å². The highest BCUT2D eigenvalue weighted by Gasteiger charge is 2.07. The summed E-state index contributed by atoms with van der Waals surface area (Å²) in [4.78, 5) is 11.8. The van der Waals surface area contributed by atoms with Crippen LogP contribution in [0.4, 0.5) is 5.69 Å². The number of halogens is 1. The lowest BCUT2D eigenvalue weighted by atomic mass is 10.2. The maximum absolute atomic E-state index is 11.5. The number of rotatable bonds is 5. The van der Waals surface area contributed by atoms with Crippen LogP contribution in [0.5, 0.6) is 0 Å². The summed E-state index contributed by atoms with van der Waals surface area (Å²) < 4.78 is 0. The third-order valence-corrected chi connectivity index (χ3v) is 2.83. The van der Waals surface area contributed by atoms with Gasteiger partial charge in [-0.25, -0.2) is 0 Å². The first-order valence-electron chi connectivity index (χ1n) is 5.43. The van der Waals surface area contributed by atoms with Gasteiger partial charge in [-0.05, 0) is 24.6 Å². The molecule has 0 atom stereocenters. The summed E-state index contributed by atoms with van der Waals surface area (Å²) in [5, 5.41) is 3.20. The van der Waals surface area contributed by atoms with Crippen LogP contribution in [-0.2, 0) is 4.79 Å². The molecule has 17 heavy (non-hydrogen) atoms. The first-order chi connectivity index (χ1) is 8.04. The van der Waals surface area contributed by atoms with Crippen LogP contribution >= 0.6 is 23.8 Å². The standard InChI is InChI=1S/C12H15ClN2OS/c1-2-3-4-11(16)15-10-6-5-8(12(14)17)7-9(10)13/h5-7H,2-4H2,1H3,(H2,14,17)(H,15,16). The van der Waals surface area contributed by atoms with Crippen molar-refractivity contribution in [1.29, 1.82) is 0 Å². The first kappa shape index (κ1) is 13.9. The molecule has 0 bridgehead atoms. The average molecular weight is 271 g/mol. The van der Waals surface area contributed by atoms with E-state index in [1.807, 2.05) is 6.92 Å². The Bertz CT molecular complexity index is 435. The van der Waals surface area contributed by atoms with E-state index in [4.69, 9.17) is 29.6 Å². The Kier molecular flexibility index (Phi) is 5.38. The summed E-state index contributed by atoms with van der Waals surface area (Å²) in [7, 11) is 0. The molecular formula is C12H15ClN2OS. The van der Waals surface area contributed by atoms with Gasteiger partial charge in [-0.1, -0.05) is 37.2 Å². The van der Waals surface area contributed by atoms with Crippen LogP contribution in [0.2, 0.25) is 5.02 Å². The number of thiocarbonyl (C=S) groups is 1. The molecule has 0 fully saturated rings. The third kappa shape index (κ3) is 4.32. The highest BCUT2D eigenvalue weighted by molar-refractivity contribution is 7.80. The Hall–Kier alpha value is -1.13. The molecule has 1 amide bonds. The van der Waals surface area contributed by atoms with Gasteiger partial charge in [0.25, 0.3) is 0 Å². The van der Waals surface area contributed by atoms with Gasteiger partial charge in [-0.15, -0.1) is 0 Å². The summed E-state index contributed by atoms with van der Waals surface area (Å²) in [5.41, 5.74) is 6.77. The zero-order valence-corrected chi connectivity index (χ0v) is 11.2. The molecule has 0 aliphatic rings. The third-order valence-electron chi connectivity index (χ3n) is 2.29. The molecule has 1 aromatic rings. The van der Waals surface area contributed by atoms with Crippen molar-refractivity contribution in [2.45, 2.75) is 26.2 Å². The van der Waals surface area contributed by atoms with Crippen molar-refractivity contribution in [3.05, 3.63) is 28.8 Å². The van der Waals surface area contributed by atoms with Crippen LogP contribution < -0.4 is 11.1 Å². The maximum Gasteiger partial charge on any atom is 0.224 e. The number of hydrogen-bond donors (Lipinski definition) is 2. The molecule has 0 aliphatic heterocycles. The molecule has 0 saturated heterocycles. The number of nitrogens with one attached hydrogen (secondary N) is 1. The van der Waals surface area contributed by atoms with E-state index in [9.17, 15) is 4.79 Å². The second kappa shape index (κ2) is 6.57. The van der Waals surface area contributed by atoms with E-state index in [-0.39, 0.29) is 10.9 Å². The molecule has 3 N–H and O–H groups in total. The summed E-state index contributed by atoms with van der Waals surface area (Å²) in [6.07, 6.45) is 2.36. The molecule has 92 valence electrons. The second-order valence-corrected chi connectivity index (χ2v) is 4.56. The van der Waals surface area contributed by atoms with Crippen molar-refractivity contribution >= 4 is 40.4 Å². The van der Waals surface area contributed by atoms with E-state index in [0.29, 0.717) is 22.7 Å². The van der Waals surface area contributed by atoms with Gasteiger partial charge < -0.3 is 11.1 Å². The number of nitrogens with two attached hydrogens (primary N) is 1. The van der Waals surface area contributed by atoms with Crippen molar-refractivity contribution in [1.82, 2.24) is 0 Å². The average Bonchev–Trinajstić information content (AvgIpc) is 2.28. The molecule has 0 aromatic heterocycles. The van der Waals surface area contributed by atoms with E-state index < -0.39 is 0 Å². The number of unbranched alkanes of at least 4 members (excludes halogenated alkanes) is 1. The normalized spacial score (nSPS) is 10.0. The largest absolute Gasteiger partial charge is 0.389 e. The van der Waals surface area contributed by atoms with Crippen LogP contribution in [-0.4, -0.2) is 10.9 Å². The SMILES string of the molecule is CCCCC(=O)Nc1ccc(C(N)=S)cc1Cl. The van der Waals surface area contributed by atoms with Crippen LogP contribution in [0.15, 0.2) is 18.2 Å². The van der Waals surface area contributed by atoms with E-state index in [1.165, 1.54) is 0 Å². The van der Waals surface area contributed by atoms with Crippen LogP contribution in [0.25, 0.3) is 0 Å². The molecule has 0 unspecified atom stereocenters. The Morgan fingerprint density at radius 1 is 1.53 bits per heavy atom. The molecule has 0 aliphatic carbocycles. The molecule has 0 spiro atoms. The maximum atomic E-state index is 11.5. The quantitative estimate of drug-likeness (QED) is 0.809. The minimum absolute atomic E-state index is 0.0307. The Balaban J connectivity index is 2.72. The van der Waals surface area contributed by atoms with Gasteiger partial charge in [0, 0.05) is 12.0 Å². The Morgan fingerprint density at radius 3 is 2.76 bits per heavy atom. The van der Waals surface area contributed by atoms with Crippen LogP contribution in [0.3, 0.4) is 0 Å². The van der Waals surface area contributed by atoms with Gasteiger partial charge >= 0.3 is 0 Å². The number of anilines is 1. The second-order valence-electron chi connectivity index (χ2n) is 3.71. The molecule has 0 saturated carbocycles. The van der Waals surface area contributed by atoms with Crippen molar-refractivity contribution in [3.63, 3.8) is 0 Å². The molecule has 1 rings (SSSR count). The number of amides is 1. The van der Waals surface area contributed by atoms with Crippen LogP contribution in [0, 0.1) is 0 Å². The molecule has 0 heterocycles. The molecule has 1 aromatic carbocycles. The van der Waals surface area contributed by atoms with Gasteiger partial charge in [0.05, 0.1) is 10.7 Å². The predicted molar refractivity (Wildman–Crippen MR) is 75.5 cm³/mol. The van der Waals surface area contributed by atoms with Crippen molar-refractivity contribution in [2.75, 3.05) is 5.32 Å². The molecule has 3 nitrogen and oxygen atoms in total. The van der Waals surface area contributed by atoms with Crippen molar-refractivity contribution < 1.29 is 4.79 Å². The highest BCUT2D eigenvalue weighted by Crippen LogP contribution is 2.23. The Morgan fingerprint density at radius 2 is 2.24 bits per heavy atom. The summed E-state index contributed by atoms with van der Waals surface area (Å²) in [5.74, 6) is -0.0307. The predicted octanol–water partition coefficient (Wildman–Crippen LogP) is 3.10. The minimum atomic E-state index is -0.0307. The topological polar surface area (TPSA) is 55.1 Å².